The van der Waals surface area contributed by atoms with Crippen molar-refractivity contribution in [2.24, 2.45) is 5.92 Å². The van der Waals surface area contributed by atoms with Crippen LogP contribution in [0.5, 0.6) is 5.75 Å². The molecule has 0 aromatic heterocycles. The molecular weight excluding hydrogens is 318 g/mol. The molecular formula is C19H29N3O3. The van der Waals surface area contributed by atoms with Gasteiger partial charge < -0.3 is 24.6 Å². The van der Waals surface area contributed by atoms with Gasteiger partial charge in [-0.2, -0.15) is 0 Å². The van der Waals surface area contributed by atoms with Crippen molar-refractivity contribution in [2.75, 3.05) is 44.7 Å². The zero-order valence-electron chi connectivity index (χ0n) is 15.4. The first-order chi connectivity index (χ1) is 12.0. The van der Waals surface area contributed by atoms with Crippen LogP contribution in [0.25, 0.3) is 0 Å². The van der Waals surface area contributed by atoms with Gasteiger partial charge in [0.25, 0.3) is 0 Å². The molecule has 2 saturated heterocycles. The molecule has 0 radical (unpaired) electrons. The first-order valence-corrected chi connectivity index (χ1v) is 9.12. The van der Waals surface area contributed by atoms with E-state index in [1.165, 1.54) is 5.69 Å². The number of ether oxygens (including phenoxy) is 2. The minimum absolute atomic E-state index is 0.0295. The number of amides is 2. The SMILES string of the molecule is COc1cccc(N2CC[C@@H](CNC(=O)N3C[C@@H](C)O[C@@H](C)C3)C2)c1. The minimum Gasteiger partial charge on any atom is -0.497 e. The number of morpholine rings is 1. The van der Waals surface area contributed by atoms with Gasteiger partial charge in [-0.05, 0) is 38.3 Å². The molecule has 2 aliphatic heterocycles. The first-order valence-electron chi connectivity index (χ1n) is 9.12. The molecule has 0 spiro atoms. The van der Waals surface area contributed by atoms with Crippen molar-refractivity contribution >= 4 is 11.7 Å². The Hall–Kier alpha value is -1.95. The zero-order valence-corrected chi connectivity index (χ0v) is 15.4. The van der Waals surface area contributed by atoms with Crippen LogP contribution in [-0.2, 0) is 4.74 Å². The average Bonchev–Trinajstić information content (AvgIpc) is 3.08. The van der Waals surface area contributed by atoms with Crippen LogP contribution < -0.4 is 15.0 Å². The van der Waals surface area contributed by atoms with E-state index in [0.717, 1.165) is 31.8 Å². The molecule has 1 N–H and O–H groups in total. The molecule has 0 aliphatic carbocycles. The van der Waals surface area contributed by atoms with Crippen molar-refractivity contribution in [3.05, 3.63) is 24.3 Å². The highest BCUT2D eigenvalue weighted by molar-refractivity contribution is 5.74. The number of rotatable bonds is 4. The number of methoxy groups -OCH3 is 1. The van der Waals surface area contributed by atoms with Gasteiger partial charge in [-0.1, -0.05) is 6.07 Å². The molecule has 2 amide bonds. The monoisotopic (exact) mass is 347 g/mol. The summed E-state index contributed by atoms with van der Waals surface area (Å²) in [5.74, 6) is 1.36. The fourth-order valence-electron chi connectivity index (χ4n) is 3.73. The van der Waals surface area contributed by atoms with Crippen molar-refractivity contribution < 1.29 is 14.3 Å². The lowest BCUT2D eigenvalue weighted by Gasteiger charge is -2.35. The second-order valence-electron chi connectivity index (χ2n) is 7.15. The van der Waals surface area contributed by atoms with E-state index in [2.05, 4.69) is 22.3 Å². The molecule has 0 bridgehead atoms. The van der Waals surface area contributed by atoms with Gasteiger partial charge in [-0.3, -0.25) is 0 Å². The van der Waals surface area contributed by atoms with Crippen LogP contribution in [0.15, 0.2) is 24.3 Å². The zero-order chi connectivity index (χ0) is 17.8. The predicted molar refractivity (Wildman–Crippen MR) is 98.3 cm³/mol. The van der Waals surface area contributed by atoms with Gasteiger partial charge >= 0.3 is 6.03 Å². The molecule has 3 atom stereocenters. The number of benzene rings is 1. The molecule has 138 valence electrons. The molecule has 0 unspecified atom stereocenters. The highest BCUT2D eigenvalue weighted by Crippen LogP contribution is 2.26. The third-order valence-electron chi connectivity index (χ3n) is 4.95. The lowest BCUT2D eigenvalue weighted by molar-refractivity contribution is -0.0545. The van der Waals surface area contributed by atoms with E-state index in [1.54, 1.807) is 7.11 Å². The number of hydrogen-bond donors (Lipinski definition) is 1. The fraction of sp³-hybridized carbons (Fsp3) is 0.632. The van der Waals surface area contributed by atoms with Crippen LogP contribution in [-0.4, -0.2) is 63.0 Å². The molecule has 2 heterocycles. The van der Waals surface area contributed by atoms with E-state index in [1.807, 2.05) is 30.9 Å². The largest absolute Gasteiger partial charge is 0.497 e. The topological polar surface area (TPSA) is 54.0 Å². The van der Waals surface area contributed by atoms with Crippen LogP contribution in [0.2, 0.25) is 0 Å². The lowest BCUT2D eigenvalue weighted by Crippen LogP contribution is -2.52. The number of nitrogens with zero attached hydrogens (tertiary/aromatic N) is 2. The summed E-state index contributed by atoms with van der Waals surface area (Å²) in [6.45, 7) is 8.05. The molecule has 2 fully saturated rings. The Morgan fingerprint density at radius 1 is 1.28 bits per heavy atom. The summed E-state index contributed by atoms with van der Waals surface area (Å²) in [5, 5.41) is 3.11. The Bertz CT molecular complexity index is 585. The van der Waals surface area contributed by atoms with Gasteiger partial charge in [0.1, 0.15) is 5.75 Å². The smallest absolute Gasteiger partial charge is 0.317 e. The number of anilines is 1. The summed E-state index contributed by atoms with van der Waals surface area (Å²) >= 11 is 0. The molecule has 6 heteroatoms. The summed E-state index contributed by atoms with van der Waals surface area (Å²) in [4.78, 5) is 16.6. The van der Waals surface area contributed by atoms with E-state index in [4.69, 9.17) is 9.47 Å². The van der Waals surface area contributed by atoms with Crippen molar-refractivity contribution in [1.29, 1.82) is 0 Å². The summed E-state index contributed by atoms with van der Waals surface area (Å²) in [7, 11) is 1.69. The lowest BCUT2D eigenvalue weighted by atomic mass is 10.1. The van der Waals surface area contributed by atoms with Gasteiger partial charge in [-0.15, -0.1) is 0 Å². The van der Waals surface area contributed by atoms with Gasteiger partial charge in [-0.25, -0.2) is 4.79 Å². The normalized spacial score (nSPS) is 26.6. The van der Waals surface area contributed by atoms with Crippen molar-refractivity contribution in [3.8, 4) is 5.75 Å². The van der Waals surface area contributed by atoms with Gasteiger partial charge in [0, 0.05) is 44.5 Å². The molecule has 6 nitrogen and oxygen atoms in total. The van der Waals surface area contributed by atoms with Crippen LogP contribution in [0.1, 0.15) is 20.3 Å². The van der Waals surface area contributed by atoms with Crippen molar-refractivity contribution in [1.82, 2.24) is 10.2 Å². The third kappa shape index (κ3) is 4.57. The second-order valence-corrected chi connectivity index (χ2v) is 7.15. The number of hydrogen-bond acceptors (Lipinski definition) is 4. The van der Waals surface area contributed by atoms with Crippen LogP contribution in [0.3, 0.4) is 0 Å². The molecule has 3 rings (SSSR count). The minimum atomic E-state index is 0.0295. The van der Waals surface area contributed by atoms with Crippen LogP contribution >= 0.6 is 0 Å². The number of urea groups is 1. The van der Waals surface area contributed by atoms with Gasteiger partial charge in [0.2, 0.25) is 0 Å². The van der Waals surface area contributed by atoms with Crippen LogP contribution in [0.4, 0.5) is 10.5 Å². The Labute approximate surface area is 150 Å². The van der Waals surface area contributed by atoms with Gasteiger partial charge in [0.05, 0.1) is 19.3 Å². The van der Waals surface area contributed by atoms with E-state index in [0.29, 0.717) is 19.0 Å². The maximum absolute atomic E-state index is 12.4. The Morgan fingerprint density at radius 2 is 2.04 bits per heavy atom. The third-order valence-corrected chi connectivity index (χ3v) is 4.95. The summed E-state index contributed by atoms with van der Waals surface area (Å²) < 4.78 is 11.0. The van der Waals surface area contributed by atoms with Crippen molar-refractivity contribution in [2.45, 2.75) is 32.5 Å². The summed E-state index contributed by atoms with van der Waals surface area (Å²) in [5.41, 5.74) is 1.18. The fourth-order valence-corrected chi connectivity index (χ4v) is 3.73. The molecule has 1 aromatic carbocycles. The molecule has 0 saturated carbocycles. The molecule has 1 aromatic rings. The molecule has 25 heavy (non-hydrogen) atoms. The van der Waals surface area contributed by atoms with E-state index in [-0.39, 0.29) is 18.2 Å². The second kappa shape index (κ2) is 7.95. The quantitative estimate of drug-likeness (QED) is 0.908. The predicted octanol–water partition coefficient (Wildman–Crippen LogP) is 2.34. The highest BCUT2D eigenvalue weighted by Gasteiger charge is 2.27. The number of carbonyl (C=O) groups excluding carboxylic acids is 1. The van der Waals surface area contributed by atoms with E-state index < -0.39 is 0 Å². The number of nitrogens with one attached hydrogen (secondary N) is 1. The van der Waals surface area contributed by atoms with E-state index >= 15 is 0 Å². The van der Waals surface area contributed by atoms with Crippen molar-refractivity contribution in [3.63, 3.8) is 0 Å². The highest BCUT2D eigenvalue weighted by atomic mass is 16.5. The van der Waals surface area contributed by atoms with Crippen LogP contribution in [0, 0.1) is 5.92 Å². The maximum Gasteiger partial charge on any atom is 0.317 e. The number of carbonyl (C=O) groups is 1. The molecule has 2 aliphatic rings. The van der Waals surface area contributed by atoms with Gasteiger partial charge in [0.15, 0.2) is 0 Å². The standard InChI is InChI=1S/C19H29N3O3/c1-14-11-22(12-15(2)25-14)19(23)20-10-16-7-8-21(13-16)17-5-4-6-18(9-17)24-3/h4-6,9,14-16H,7-8,10-13H2,1-3H3,(H,20,23)/t14-,15+,16-/m0/s1. The average molecular weight is 347 g/mol. The Balaban J connectivity index is 1.47. The van der Waals surface area contributed by atoms with E-state index in [9.17, 15) is 4.79 Å². The maximum atomic E-state index is 12.4. The first kappa shape index (κ1) is 17.9. The summed E-state index contributed by atoms with van der Waals surface area (Å²) in [6.07, 6.45) is 1.29. The summed E-state index contributed by atoms with van der Waals surface area (Å²) in [6, 6.07) is 8.19. The Kier molecular flexibility index (Phi) is 5.68. The Morgan fingerprint density at radius 3 is 2.76 bits per heavy atom.